The van der Waals surface area contributed by atoms with E-state index in [9.17, 15) is 5.11 Å². The fraction of sp³-hybridized carbons (Fsp3) is 0.0588. The molecule has 9 heteroatoms. The zero-order valence-corrected chi connectivity index (χ0v) is 14.2. The van der Waals surface area contributed by atoms with E-state index in [2.05, 4.69) is 15.5 Å². The van der Waals surface area contributed by atoms with Gasteiger partial charge in [-0.1, -0.05) is 11.6 Å². The Hall–Kier alpha value is -3.39. The van der Waals surface area contributed by atoms with E-state index in [-0.39, 0.29) is 17.5 Å². The van der Waals surface area contributed by atoms with Gasteiger partial charge >= 0.3 is 11.6 Å². The van der Waals surface area contributed by atoms with Crippen LogP contribution in [0.5, 0.6) is 11.7 Å². The Bertz CT molecular complexity index is 1040. The molecule has 0 aliphatic heterocycles. The van der Waals surface area contributed by atoms with E-state index in [1.54, 1.807) is 55.6 Å². The van der Waals surface area contributed by atoms with Crippen LogP contribution in [0.4, 0.5) is 0 Å². The van der Waals surface area contributed by atoms with Gasteiger partial charge in [-0.2, -0.15) is 0 Å². The number of hydrogen-bond donors (Lipinski definition) is 0. The zero-order valence-electron chi connectivity index (χ0n) is 13.4. The molecule has 0 amide bonds. The first-order chi connectivity index (χ1) is 12.7. The largest absolute Gasteiger partial charge is 0.538 e. The Kier molecular flexibility index (Phi) is 4.02. The molecule has 2 heterocycles. The Morgan fingerprint density at radius 1 is 1.00 bits per heavy atom. The summed E-state index contributed by atoms with van der Waals surface area (Å²) in [4.78, 5) is 0. The van der Waals surface area contributed by atoms with Crippen molar-refractivity contribution in [3.8, 4) is 40.4 Å². The van der Waals surface area contributed by atoms with Crippen LogP contribution < -0.4 is 14.5 Å². The highest BCUT2D eigenvalue weighted by Gasteiger charge is 2.28. The lowest BCUT2D eigenvalue weighted by atomic mass is 10.2. The normalized spacial score (nSPS) is 10.8. The summed E-state index contributed by atoms with van der Waals surface area (Å²) in [5, 5.41) is 24.4. The summed E-state index contributed by atoms with van der Waals surface area (Å²) in [6.45, 7) is 0. The smallest absolute Gasteiger partial charge is 0.327 e. The SMILES string of the molecule is COc1ccc(-[n+]2noc([O-])c2-c2nnc(-c3ccc(Cl)cc3)o2)cc1. The number of methoxy groups -OCH3 is 1. The summed E-state index contributed by atoms with van der Waals surface area (Å²) in [6.07, 6.45) is 0. The van der Waals surface area contributed by atoms with Crippen LogP contribution in [-0.4, -0.2) is 22.6 Å². The highest BCUT2D eigenvalue weighted by atomic mass is 35.5. The summed E-state index contributed by atoms with van der Waals surface area (Å²) < 4.78 is 16.8. The van der Waals surface area contributed by atoms with Crippen molar-refractivity contribution in [3.05, 3.63) is 53.6 Å². The molecule has 8 nitrogen and oxygen atoms in total. The number of aromatic nitrogens is 4. The molecular formula is C17H11ClN4O4. The Morgan fingerprint density at radius 3 is 2.38 bits per heavy atom. The van der Waals surface area contributed by atoms with Crippen molar-refractivity contribution < 1.29 is 23.5 Å². The second-order valence-electron chi connectivity index (χ2n) is 5.24. The molecule has 0 saturated heterocycles. The van der Waals surface area contributed by atoms with E-state index in [4.69, 9.17) is 25.3 Å². The number of hydrogen-bond acceptors (Lipinski definition) is 7. The molecule has 0 unspecified atom stereocenters. The van der Waals surface area contributed by atoms with Crippen molar-refractivity contribution in [2.24, 2.45) is 0 Å². The highest BCUT2D eigenvalue weighted by Crippen LogP contribution is 2.27. The molecule has 0 spiro atoms. The van der Waals surface area contributed by atoms with Crippen LogP contribution >= 0.6 is 11.6 Å². The van der Waals surface area contributed by atoms with Gasteiger partial charge in [0.25, 0.3) is 0 Å². The number of ether oxygens (including phenoxy) is 1. The molecule has 0 bridgehead atoms. The third-order valence-corrected chi connectivity index (χ3v) is 3.90. The van der Waals surface area contributed by atoms with Crippen molar-refractivity contribution in [3.63, 3.8) is 0 Å². The van der Waals surface area contributed by atoms with E-state index in [1.807, 2.05) is 0 Å². The van der Waals surface area contributed by atoms with Crippen LogP contribution in [0, 0.1) is 0 Å². The number of rotatable bonds is 4. The first kappa shape index (κ1) is 16.1. The number of nitrogens with zero attached hydrogens (tertiary/aromatic N) is 4. The molecule has 4 rings (SSSR count). The Labute approximate surface area is 152 Å². The first-order valence-electron chi connectivity index (χ1n) is 7.49. The van der Waals surface area contributed by atoms with Gasteiger partial charge in [0, 0.05) is 22.7 Å². The van der Waals surface area contributed by atoms with Gasteiger partial charge in [-0.05, 0) is 41.1 Å². The molecule has 0 aliphatic carbocycles. The lowest BCUT2D eigenvalue weighted by Crippen LogP contribution is -2.34. The van der Waals surface area contributed by atoms with Crippen LogP contribution in [0.25, 0.3) is 28.7 Å². The van der Waals surface area contributed by atoms with E-state index < -0.39 is 5.95 Å². The number of halogens is 1. The molecular weight excluding hydrogens is 360 g/mol. The Balaban J connectivity index is 1.74. The third-order valence-electron chi connectivity index (χ3n) is 3.65. The molecule has 4 aromatic rings. The van der Waals surface area contributed by atoms with Gasteiger partial charge in [0.15, 0.2) is 5.95 Å². The molecule has 0 fully saturated rings. The summed E-state index contributed by atoms with van der Waals surface area (Å²) in [7, 11) is 1.57. The second-order valence-corrected chi connectivity index (χ2v) is 5.67. The summed E-state index contributed by atoms with van der Waals surface area (Å²) in [5.74, 6) is 0.229. The third kappa shape index (κ3) is 2.86. The minimum atomic E-state index is -0.688. The summed E-state index contributed by atoms with van der Waals surface area (Å²) in [6, 6.07) is 13.8. The average Bonchev–Trinajstić information content (AvgIpc) is 3.29. The Morgan fingerprint density at radius 2 is 1.69 bits per heavy atom. The molecule has 2 aromatic heterocycles. The lowest BCUT2D eigenvalue weighted by molar-refractivity contribution is -0.660. The van der Waals surface area contributed by atoms with Crippen molar-refractivity contribution in [2.45, 2.75) is 0 Å². The fourth-order valence-electron chi connectivity index (χ4n) is 2.35. The zero-order chi connectivity index (χ0) is 18.1. The predicted octanol–water partition coefficient (Wildman–Crippen LogP) is 2.40. The minimum absolute atomic E-state index is 0.00276. The van der Waals surface area contributed by atoms with Crippen LogP contribution in [0.15, 0.2) is 57.5 Å². The molecule has 130 valence electrons. The maximum atomic E-state index is 12.1. The predicted molar refractivity (Wildman–Crippen MR) is 87.8 cm³/mol. The van der Waals surface area contributed by atoms with Crippen molar-refractivity contribution in [1.29, 1.82) is 0 Å². The summed E-state index contributed by atoms with van der Waals surface area (Å²) >= 11 is 5.88. The van der Waals surface area contributed by atoms with Gasteiger partial charge in [-0.25, -0.2) is 0 Å². The van der Waals surface area contributed by atoms with Gasteiger partial charge in [-0.15, -0.1) is 10.2 Å². The van der Waals surface area contributed by atoms with Crippen LogP contribution in [0.1, 0.15) is 0 Å². The van der Waals surface area contributed by atoms with Crippen LogP contribution in [0.3, 0.4) is 0 Å². The minimum Gasteiger partial charge on any atom is -0.538 e. The quantitative estimate of drug-likeness (QED) is 0.508. The topological polar surface area (TPSA) is 101 Å². The van der Waals surface area contributed by atoms with Crippen LogP contribution in [-0.2, 0) is 0 Å². The molecule has 0 aliphatic rings. The molecule has 0 saturated carbocycles. The van der Waals surface area contributed by atoms with Gasteiger partial charge in [0.2, 0.25) is 11.6 Å². The van der Waals surface area contributed by atoms with E-state index >= 15 is 0 Å². The molecule has 2 aromatic carbocycles. The van der Waals surface area contributed by atoms with Crippen molar-refractivity contribution in [2.75, 3.05) is 7.11 Å². The standard InChI is InChI=1S/C17H11ClN4O4/c1-24-13-8-6-12(7-9-13)22-14(17(23)26-21-22)16-20-19-15(25-16)10-2-4-11(18)5-3-10/h2-9H,1H3. The van der Waals surface area contributed by atoms with Crippen molar-refractivity contribution in [1.82, 2.24) is 15.5 Å². The van der Waals surface area contributed by atoms with E-state index in [0.717, 1.165) is 0 Å². The first-order valence-corrected chi connectivity index (χ1v) is 7.87. The van der Waals surface area contributed by atoms with E-state index in [1.165, 1.54) is 4.68 Å². The number of benzene rings is 2. The molecule has 0 N–H and O–H groups in total. The molecule has 0 atom stereocenters. The van der Waals surface area contributed by atoms with Gasteiger partial charge < -0.3 is 18.8 Å². The van der Waals surface area contributed by atoms with Gasteiger partial charge in [0.1, 0.15) is 5.75 Å². The summed E-state index contributed by atoms with van der Waals surface area (Å²) in [5.41, 5.74) is 1.29. The highest BCUT2D eigenvalue weighted by molar-refractivity contribution is 6.30. The fourth-order valence-corrected chi connectivity index (χ4v) is 2.48. The molecule has 0 radical (unpaired) electrons. The van der Waals surface area contributed by atoms with Crippen molar-refractivity contribution >= 4 is 11.6 Å². The van der Waals surface area contributed by atoms with Crippen LogP contribution in [0.2, 0.25) is 5.02 Å². The maximum absolute atomic E-state index is 12.1. The average molecular weight is 371 g/mol. The monoisotopic (exact) mass is 370 g/mol. The lowest BCUT2D eigenvalue weighted by Gasteiger charge is -1.98. The van der Waals surface area contributed by atoms with Gasteiger partial charge in [-0.3, -0.25) is 0 Å². The molecule has 26 heavy (non-hydrogen) atoms. The van der Waals surface area contributed by atoms with Gasteiger partial charge in [0.05, 0.1) is 12.4 Å². The maximum Gasteiger partial charge on any atom is 0.327 e. The van der Waals surface area contributed by atoms with E-state index in [0.29, 0.717) is 22.0 Å². The second kappa shape index (κ2) is 6.49.